The second-order valence-corrected chi connectivity index (χ2v) is 2.91. The Morgan fingerprint density at radius 3 is 3.27 bits per heavy atom. The summed E-state index contributed by atoms with van der Waals surface area (Å²) < 4.78 is 0. The summed E-state index contributed by atoms with van der Waals surface area (Å²) in [6, 6.07) is 0. The fraction of sp³-hybridized carbons (Fsp3) is 0.400. The van der Waals surface area contributed by atoms with Crippen LogP contribution in [0.5, 0.6) is 0 Å². The van der Waals surface area contributed by atoms with Gasteiger partial charge in [0.15, 0.2) is 0 Å². The van der Waals surface area contributed by atoms with E-state index in [0.717, 1.165) is 6.42 Å². The highest BCUT2D eigenvalue weighted by Crippen LogP contribution is 2.08. The first kappa shape index (κ1) is 8.43. The van der Waals surface area contributed by atoms with Gasteiger partial charge in [0.05, 0.1) is 0 Å². The zero-order valence-corrected chi connectivity index (χ0v) is 7.36. The van der Waals surface area contributed by atoms with Crippen molar-refractivity contribution in [3.8, 4) is 11.8 Å². The van der Waals surface area contributed by atoms with Gasteiger partial charge in [0.25, 0.3) is 0 Å². The number of halogens is 1. The minimum Gasteiger partial charge on any atom is -0.122 e. The van der Waals surface area contributed by atoms with Gasteiger partial charge in [-0.15, -0.1) is 11.6 Å². The monoisotopic (exact) mass is 166 g/mol. The van der Waals surface area contributed by atoms with E-state index in [1.165, 1.54) is 5.57 Å². The fourth-order valence-electron chi connectivity index (χ4n) is 0.899. The molecular weight excluding hydrogens is 156 g/mol. The van der Waals surface area contributed by atoms with E-state index in [9.17, 15) is 0 Å². The van der Waals surface area contributed by atoms with Gasteiger partial charge in [-0.25, -0.2) is 0 Å². The van der Waals surface area contributed by atoms with E-state index in [2.05, 4.69) is 30.9 Å². The van der Waals surface area contributed by atoms with E-state index >= 15 is 0 Å². The molecular formula is C10H11Cl. The molecule has 1 rings (SSSR count). The Bertz CT molecular complexity index is 237. The normalized spacial score (nSPS) is 30.4. The Kier molecular flexibility index (Phi) is 3.26. The average molecular weight is 167 g/mol. The van der Waals surface area contributed by atoms with Gasteiger partial charge in [-0.3, -0.25) is 0 Å². The first-order chi connectivity index (χ1) is 5.33. The lowest BCUT2D eigenvalue weighted by Crippen LogP contribution is -1.88. The molecule has 0 bridgehead atoms. The summed E-state index contributed by atoms with van der Waals surface area (Å²) >= 11 is 5.67. The summed E-state index contributed by atoms with van der Waals surface area (Å²) in [6.45, 7) is 2.09. The predicted octanol–water partition coefficient (Wildman–Crippen LogP) is 2.75. The Morgan fingerprint density at radius 2 is 2.55 bits per heavy atom. The maximum atomic E-state index is 5.67. The summed E-state index contributed by atoms with van der Waals surface area (Å²) in [5.41, 5.74) is 1.20. The van der Waals surface area contributed by atoms with Crippen molar-refractivity contribution in [1.82, 2.24) is 0 Å². The highest BCUT2D eigenvalue weighted by atomic mass is 35.5. The van der Waals surface area contributed by atoms with Crippen molar-refractivity contribution < 1.29 is 0 Å². The van der Waals surface area contributed by atoms with E-state index in [0.29, 0.717) is 11.8 Å². The average Bonchev–Trinajstić information content (AvgIpc) is 1.96. The molecule has 58 valence electrons. The van der Waals surface area contributed by atoms with Gasteiger partial charge in [0, 0.05) is 11.8 Å². The third-order valence-electron chi connectivity index (χ3n) is 1.56. The van der Waals surface area contributed by atoms with E-state index in [4.69, 9.17) is 11.6 Å². The smallest absolute Gasteiger partial charge is 0.0445 e. The molecule has 0 nitrogen and oxygen atoms in total. The molecule has 0 spiro atoms. The quantitative estimate of drug-likeness (QED) is 0.319. The topological polar surface area (TPSA) is 0 Å². The fourth-order valence-corrected chi connectivity index (χ4v) is 1.09. The van der Waals surface area contributed by atoms with Gasteiger partial charge in [0.2, 0.25) is 0 Å². The SMILES string of the molecule is CC1C#C/C=C(/CCl)C/C=C/1. The predicted molar refractivity (Wildman–Crippen MR) is 49.5 cm³/mol. The van der Waals surface area contributed by atoms with Crippen LogP contribution < -0.4 is 0 Å². The van der Waals surface area contributed by atoms with E-state index in [-0.39, 0.29) is 0 Å². The Morgan fingerprint density at radius 1 is 1.73 bits per heavy atom. The summed E-state index contributed by atoms with van der Waals surface area (Å²) in [6.07, 6.45) is 7.12. The molecule has 0 N–H and O–H groups in total. The van der Waals surface area contributed by atoms with Gasteiger partial charge in [-0.05, 0) is 25.0 Å². The standard InChI is InChI=1S/C10H11Cl/c1-9-4-2-6-10(8-11)7-3-5-9/h2,4,7,9H,6,8H2,1H3/b4-2+,10-7+. The number of alkyl halides is 1. The lowest BCUT2D eigenvalue weighted by molar-refractivity contribution is 0.966. The van der Waals surface area contributed by atoms with Crippen LogP contribution in [0, 0.1) is 17.8 Å². The van der Waals surface area contributed by atoms with Crippen LogP contribution in [0.2, 0.25) is 0 Å². The van der Waals surface area contributed by atoms with Crippen LogP contribution in [0.25, 0.3) is 0 Å². The third kappa shape index (κ3) is 2.82. The number of allylic oxidation sites excluding steroid dienone is 4. The Labute approximate surface area is 72.9 Å². The highest BCUT2D eigenvalue weighted by molar-refractivity contribution is 6.19. The van der Waals surface area contributed by atoms with Gasteiger partial charge < -0.3 is 0 Å². The molecule has 0 fully saturated rings. The maximum absolute atomic E-state index is 5.67. The summed E-state index contributed by atoms with van der Waals surface area (Å²) in [5.74, 6) is 7.04. The van der Waals surface area contributed by atoms with E-state index in [1.807, 2.05) is 6.08 Å². The largest absolute Gasteiger partial charge is 0.122 e. The minimum atomic E-state index is 0.378. The summed E-state index contributed by atoms with van der Waals surface area (Å²) in [4.78, 5) is 0. The van der Waals surface area contributed by atoms with E-state index in [1.54, 1.807) is 0 Å². The molecule has 0 heterocycles. The van der Waals surface area contributed by atoms with Crippen LogP contribution in [0.4, 0.5) is 0 Å². The first-order valence-electron chi connectivity index (χ1n) is 3.74. The number of hydrogen-bond donors (Lipinski definition) is 0. The first-order valence-corrected chi connectivity index (χ1v) is 4.28. The molecule has 1 aliphatic rings. The molecule has 0 radical (unpaired) electrons. The minimum absolute atomic E-state index is 0.378. The van der Waals surface area contributed by atoms with Crippen LogP contribution in [0.3, 0.4) is 0 Å². The van der Waals surface area contributed by atoms with Gasteiger partial charge in [-0.1, -0.05) is 24.0 Å². The van der Waals surface area contributed by atoms with Crippen LogP contribution in [-0.4, -0.2) is 5.88 Å². The van der Waals surface area contributed by atoms with Crippen LogP contribution in [0.15, 0.2) is 23.8 Å². The van der Waals surface area contributed by atoms with E-state index < -0.39 is 0 Å². The van der Waals surface area contributed by atoms with Crippen molar-refractivity contribution in [2.45, 2.75) is 13.3 Å². The van der Waals surface area contributed by atoms with Crippen molar-refractivity contribution in [3.05, 3.63) is 23.8 Å². The lowest BCUT2D eigenvalue weighted by Gasteiger charge is -2.00. The van der Waals surface area contributed by atoms with Crippen molar-refractivity contribution in [2.75, 3.05) is 5.88 Å². The van der Waals surface area contributed by atoms with Crippen molar-refractivity contribution in [2.24, 2.45) is 5.92 Å². The second kappa shape index (κ2) is 4.26. The maximum Gasteiger partial charge on any atom is 0.0445 e. The Hall–Kier alpha value is -0.670. The zero-order valence-electron chi connectivity index (χ0n) is 6.60. The molecule has 0 saturated carbocycles. The molecule has 0 aromatic rings. The van der Waals surface area contributed by atoms with Crippen molar-refractivity contribution in [1.29, 1.82) is 0 Å². The molecule has 1 unspecified atom stereocenters. The van der Waals surface area contributed by atoms with Crippen LogP contribution in [-0.2, 0) is 0 Å². The highest BCUT2D eigenvalue weighted by Gasteiger charge is 1.95. The molecule has 0 aromatic carbocycles. The van der Waals surface area contributed by atoms with Crippen LogP contribution in [0.1, 0.15) is 13.3 Å². The molecule has 11 heavy (non-hydrogen) atoms. The molecule has 0 aromatic heterocycles. The van der Waals surface area contributed by atoms with Crippen LogP contribution >= 0.6 is 11.6 Å². The Balaban J connectivity index is 2.74. The number of rotatable bonds is 1. The number of hydrogen-bond acceptors (Lipinski definition) is 0. The van der Waals surface area contributed by atoms with Crippen molar-refractivity contribution in [3.63, 3.8) is 0 Å². The molecule has 0 aliphatic heterocycles. The van der Waals surface area contributed by atoms with Gasteiger partial charge in [-0.2, -0.15) is 0 Å². The van der Waals surface area contributed by atoms with Gasteiger partial charge >= 0.3 is 0 Å². The van der Waals surface area contributed by atoms with Gasteiger partial charge in [0.1, 0.15) is 0 Å². The molecule has 0 amide bonds. The lowest BCUT2D eigenvalue weighted by atomic mass is 10.1. The van der Waals surface area contributed by atoms with Crippen molar-refractivity contribution >= 4 is 11.6 Å². The molecule has 1 aliphatic carbocycles. The third-order valence-corrected chi connectivity index (χ3v) is 1.91. The zero-order chi connectivity index (χ0) is 8.10. The summed E-state index contributed by atoms with van der Waals surface area (Å²) in [7, 11) is 0. The molecule has 0 saturated heterocycles. The molecule has 1 heteroatoms. The summed E-state index contributed by atoms with van der Waals surface area (Å²) in [5, 5.41) is 0. The molecule has 1 atom stereocenters. The second-order valence-electron chi connectivity index (χ2n) is 2.65.